The molecule has 1 amide bonds. The maximum Gasteiger partial charge on any atom is 0.263 e. The number of fused-ring (bicyclic) bond motifs is 1. The number of ether oxygens (including phenoxy) is 1. The molecule has 0 radical (unpaired) electrons. The van der Waals surface area contributed by atoms with Gasteiger partial charge in [-0.15, -0.1) is 0 Å². The standard InChI is InChI=1S/C20H23ClN2O4S/c1-4-16(14-7-5-13(2)6-8-14)22-20(24)19-12-23(28(3,25)26)17-11-15(21)9-10-18(17)27-19/h5-11,16,19H,4,12H2,1-3H3,(H,22,24). The van der Waals surface area contributed by atoms with Gasteiger partial charge in [-0.2, -0.15) is 0 Å². The van der Waals surface area contributed by atoms with Crippen LogP contribution in [-0.4, -0.2) is 33.2 Å². The molecule has 0 bridgehead atoms. The third-order valence-electron chi connectivity index (χ3n) is 4.69. The van der Waals surface area contributed by atoms with E-state index in [-0.39, 0.29) is 18.5 Å². The molecule has 3 rings (SSSR count). The number of anilines is 1. The molecule has 6 nitrogen and oxygen atoms in total. The number of carbonyl (C=O) groups is 1. The highest BCUT2D eigenvalue weighted by Gasteiger charge is 2.35. The second-order valence-electron chi connectivity index (χ2n) is 6.89. The molecule has 0 spiro atoms. The monoisotopic (exact) mass is 422 g/mol. The molecule has 2 unspecified atom stereocenters. The smallest absolute Gasteiger partial charge is 0.263 e. The third kappa shape index (κ3) is 4.42. The number of nitrogens with zero attached hydrogens (tertiary/aromatic N) is 1. The van der Waals surface area contributed by atoms with E-state index in [1.54, 1.807) is 12.1 Å². The van der Waals surface area contributed by atoms with Gasteiger partial charge in [-0.3, -0.25) is 9.10 Å². The Bertz CT molecular complexity index is 976. The number of hydrogen-bond donors (Lipinski definition) is 1. The molecule has 2 aromatic carbocycles. The summed E-state index contributed by atoms with van der Waals surface area (Å²) < 4.78 is 31.5. The Morgan fingerprint density at radius 1 is 1.29 bits per heavy atom. The van der Waals surface area contributed by atoms with Crippen LogP contribution in [0.25, 0.3) is 0 Å². The van der Waals surface area contributed by atoms with Crippen LogP contribution in [-0.2, 0) is 14.8 Å². The molecule has 2 aromatic rings. The second kappa shape index (κ2) is 8.01. The van der Waals surface area contributed by atoms with Crippen LogP contribution in [0.15, 0.2) is 42.5 Å². The van der Waals surface area contributed by atoms with Gasteiger partial charge in [-0.25, -0.2) is 8.42 Å². The van der Waals surface area contributed by atoms with E-state index in [1.165, 1.54) is 6.07 Å². The Morgan fingerprint density at radius 3 is 2.57 bits per heavy atom. The normalized spacial score (nSPS) is 17.4. The van der Waals surface area contributed by atoms with Gasteiger partial charge in [0.05, 0.1) is 24.5 Å². The number of nitrogens with one attached hydrogen (secondary N) is 1. The van der Waals surface area contributed by atoms with Crippen LogP contribution >= 0.6 is 11.6 Å². The van der Waals surface area contributed by atoms with Gasteiger partial charge in [0.15, 0.2) is 6.10 Å². The van der Waals surface area contributed by atoms with Crippen LogP contribution < -0.4 is 14.4 Å². The third-order valence-corrected chi connectivity index (χ3v) is 6.07. The summed E-state index contributed by atoms with van der Waals surface area (Å²) in [6.45, 7) is 3.87. The second-order valence-corrected chi connectivity index (χ2v) is 9.24. The van der Waals surface area contributed by atoms with Gasteiger partial charge in [-0.1, -0.05) is 48.4 Å². The molecule has 1 N–H and O–H groups in total. The van der Waals surface area contributed by atoms with E-state index < -0.39 is 16.1 Å². The van der Waals surface area contributed by atoms with Crippen molar-refractivity contribution < 1.29 is 17.9 Å². The average Bonchev–Trinajstić information content (AvgIpc) is 2.65. The van der Waals surface area contributed by atoms with Crippen molar-refractivity contribution in [2.75, 3.05) is 17.1 Å². The molecule has 1 heterocycles. The molecule has 150 valence electrons. The predicted octanol–water partition coefficient (Wildman–Crippen LogP) is 3.44. The van der Waals surface area contributed by atoms with Gasteiger partial charge in [0.25, 0.3) is 5.91 Å². The summed E-state index contributed by atoms with van der Waals surface area (Å²) in [6, 6.07) is 12.5. The summed E-state index contributed by atoms with van der Waals surface area (Å²) in [7, 11) is -3.60. The summed E-state index contributed by atoms with van der Waals surface area (Å²) in [4.78, 5) is 12.9. The van der Waals surface area contributed by atoms with Crippen molar-refractivity contribution in [2.45, 2.75) is 32.4 Å². The number of carbonyl (C=O) groups excluding carboxylic acids is 1. The largest absolute Gasteiger partial charge is 0.476 e. The van der Waals surface area contributed by atoms with E-state index in [2.05, 4.69) is 5.32 Å². The fraction of sp³-hybridized carbons (Fsp3) is 0.350. The minimum Gasteiger partial charge on any atom is -0.476 e. The number of aryl methyl sites for hydroxylation is 1. The summed E-state index contributed by atoms with van der Waals surface area (Å²) in [5.74, 6) is -0.0497. The zero-order valence-corrected chi connectivity index (χ0v) is 17.5. The van der Waals surface area contributed by atoms with E-state index in [0.29, 0.717) is 22.9 Å². The van der Waals surface area contributed by atoms with Crippen molar-refractivity contribution in [1.82, 2.24) is 5.32 Å². The van der Waals surface area contributed by atoms with Crippen molar-refractivity contribution in [3.63, 3.8) is 0 Å². The summed E-state index contributed by atoms with van der Waals surface area (Å²) in [6.07, 6.45) is 0.839. The lowest BCUT2D eigenvalue weighted by atomic mass is 10.0. The van der Waals surface area contributed by atoms with Crippen molar-refractivity contribution in [3.8, 4) is 5.75 Å². The molecule has 1 aliphatic heterocycles. The zero-order valence-electron chi connectivity index (χ0n) is 16.0. The Hall–Kier alpha value is -2.25. The lowest BCUT2D eigenvalue weighted by Crippen LogP contribution is -2.51. The van der Waals surface area contributed by atoms with Gasteiger partial charge in [-0.05, 0) is 37.1 Å². The highest BCUT2D eigenvalue weighted by Crippen LogP contribution is 2.37. The van der Waals surface area contributed by atoms with Crippen molar-refractivity contribution >= 4 is 33.2 Å². The zero-order chi connectivity index (χ0) is 20.5. The van der Waals surface area contributed by atoms with E-state index in [0.717, 1.165) is 21.7 Å². The minimum atomic E-state index is -3.60. The van der Waals surface area contributed by atoms with Crippen molar-refractivity contribution in [1.29, 1.82) is 0 Å². The topological polar surface area (TPSA) is 75.7 Å². The average molecular weight is 423 g/mol. The van der Waals surface area contributed by atoms with Gasteiger partial charge < -0.3 is 10.1 Å². The Morgan fingerprint density at radius 2 is 1.96 bits per heavy atom. The summed E-state index contributed by atoms with van der Waals surface area (Å²) >= 11 is 6.00. The molecule has 0 saturated heterocycles. The molecule has 2 atom stereocenters. The first-order valence-electron chi connectivity index (χ1n) is 9.00. The van der Waals surface area contributed by atoms with Crippen LogP contribution in [0, 0.1) is 6.92 Å². The van der Waals surface area contributed by atoms with Gasteiger partial charge in [0.2, 0.25) is 10.0 Å². The fourth-order valence-corrected chi connectivity index (χ4v) is 4.23. The van der Waals surface area contributed by atoms with Crippen molar-refractivity contribution in [2.24, 2.45) is 0 Å². The molecular formula is C20H23ClN2O4S. The minimum absolute atomic E-state index is 0.109. The van der Waals surface area contributed by atoms with Crippen molar-refractivity contribution in [3.05, 3.63) is 58.6 Å². The Kier molecular flexibility index (Phi) is 5.86. The lowest BCUT2D eigenvalue weighted by molar-refractivity contribution is -0.128. The number of hydrogen-bond acceptors (Lipinski definition) is 4. The van der Waals surface area contributed by atoms with E-state index in [4.69, 9.17) is 16.3 Å². The Balaban J connectivity index is 1.84. The first-order chi connectivity index (χ1) is 13.2. The molecular weight excluding hydrogens is 400 g/mol. The van der Waals surface area contributed by atoms with Gasteiger partial charge >= 0.3 is 0 Å². The molecule has 8 heteroatoms. The molecule has 0 aromatic heterocycles. The van der Waals surface area contributed by atoms with Crippen LogP contribution in [0.5, 0.6) is 5.75 Å². The van der Waals surface area contributed by atoms with E-state index >= 15 is 0 Å². The first kappa shape index (κ1) is 20.5. The van der Waals surface area contributed by atoms with Crippen LogP contribution in [0.4, 0.5) is 5.69 Å². The summed E-state index contributed by atoms with van der Waals surface area (Å²) in [5.41, 5.74) is 2.47. The molecule has 0 fully saturated rings. The van der Waals surface area contributed by atoms with Crippen LogP contribution in [0.2, 0.25) is 5.02 Å². The highest BCUT2D eigenvalue weighted by atomic mass is 35.5. The molecule has 0 saturated carbocycles. The predicted molar refractivity (Wildman–Crippen MR) is 110 cm³/mol. The summed E-state index contributed by atoms with van der Waals surface area (Å²) in [5, 5.41) is 3.37. The lowest BCUT2D eigenvalue weighted by Gasteiger charge is -2.34. The van der Waals surface area contributed by atoms with E-state index in [9.17, 15) is 13.2 Å². The molecule has 1 aliphatic rings. The number of halogens is 1. The number of rotatable bonds is 5. The van der Waals surface area contributed by atoms with Crippen LogP contribution in [0.1, 0.15) is 30.5 Å². The molecule has 28 heavy (non-hydrogen) atoms. The maximum absolute atomic E-state index is 12.9. The van der Waals surface area contributed by atoms with Gasteiger partial charge in [0.1, 0.15) is 5.75 Å². The quantitative estimate of drug-likeness (QED) is 0.800. The van der Waals surface area contributed by atoms with E-state index in [1.807, 2.05) is 38.1 Å². The van der Waals surface area contributed by atoms with Crippen LogP contribution in [0.3, 0.4) is 0 Å². The first-order valence-corrected chi connectivity index (χ1v) is 11.2. The molecule has 0 aliphatic carbocycles. The number of benzene rings is 2. The Labute approximate surface area is 170 Å². The SMILES string of the molecule is CCC(NC(=O)C1CN(S(C)(=O)=O)c2cc(Cl)ccc2O1)c1ccc(C)cc1. The number of sulfonamides is 1. The highest BCUT2D eigenvalue weighted by molar-refractivity contribution is 7.92. The van der Waals surface area contributed by atoms with Gasteiger partial charge in [0, 0.05) is 5.02 Å². The number of amides is 1. The maximum atomic E-state index is 12.9. The fourth-order valence-electron chi connectivity index (χ4n) is 3.16.